The van der Waals surface area contributed by atoms with Crippen molar-refractivity contribution in [3.63, 3.8) is 0 Å². The average molecular weight is 143 g/mol. The highest BCUT2D eigenvalue weighted by molar-refractivity contribution is 5.01. The van der Waals surface area contributed by atoms with Crippen LogP contribution in [0.5, 0.6) is 0 Å². The van der Waals surface area contributed by atoms with E-state index in [4.69, 9.17) is 10.8 Å². The molecule has 0 heterocycles. The van der Waals surface area contributed by atoms with Gasteiger partial charge < -0.3 is 10.8 Å². The van der Waals surface area contributed by atoms with Gasteiger partial charge in [0.25, 0.3) is 0 Å². The smallest absolute Gasteiger partial charge is 0.0468 e. The number of allylic oxidation sites excluding steroid dienone is 1. The van der Waals surface area contributed by atoms with Crippen molar-refractivity contribution in [1.29, 1.82) is 0 Å². The highest BCUT2D eigenvalue weighted by Crippen LogP contribution is 2.05. The van der Waals surface area contributed by atoms with Crippen LogP contribution in [0, 0.1) is 0 Å². The molecule has 0 unspecified atom stereocenters. The molecule has 0 bridgehead atoms. The fourth-order valence-electron chi connectivity index (χ4n) is 0.947. The Morgan fingerprint density at radius 2 is 2.20 bits per heavy atom. The molecule has 10 heavy (non-hydrogen) atoms. The van der Waals surface area contributed by atoms with E-state index in [-0.39, 0.29) is 6.61 Å². The summed E-state index contributed by atoms with van der Waals surface area (Å²) < 4.78 is 0. The van der Waals surface area contributed by atoms with E-state index in [1.54, 1.807) is 0 Å². The Labute approximate surface area is 62.7 Å². The van der Waals surface area contributed by atoms with E-state index in [2.05, 4.69) is 13.0 Å². The van der Waals surface area contributed by atoms with E-state index in [9.17, 15) is 0 Å². The molecule has 0 radical (unpaired) electrons. The van der Waals surface area contributed by atoms with E-state index < -0.39 is 0 Å². The van der Waals surface area contributed by atoms with Crippen molar-refractivity contribution in [1.82, 2.24) is 0 Å². The van der Waals surface area contributed by atoms with Gasteiger partial charge in [-0.05, 0) is 25.8 Å². The largest absolute Gasteiger partial charge is 0.396 e. The van der Waals surface area contributed by atoms with Gasteiger partial charge in [0.15, 0.2) is 0 Å². The maximum Gasteiger partial charge on any atom is 0.0468 e. The number of aliphatic hydroxyl groups is 1. The molecule has 0 saturated heterocycles. The minimum absolute atomic E-state index is 0.242. The van der Waals surface area contributed by atoms with Crippen LogP contribution in [0.1, 0.15) is 26.2 Å². The molecule has 0 fully saturated rings. The lowest BCUT2D eigenvalue weighted by atomic mass is 10.1. The zero-order chi connectivity index (χ0) is 7.82. The Bertz CT molecular complexity index is 91.4. The molecule has 0 saturated carbocycles. The summed E-state index contributed by atoms with van der Waals surface area (Å²) in [6.07, 6.45) is 4.89. The molecule has 0 aromatic carbocycles. The van der Waals surface area contributed by atoms with Gasteiger partial charge in [0.1, 0.15) is 0 Å². The van der Waals surface area contributed by atoms with E-state index in [1.165, 1.54) is 5.57 Å². The van der Waals surface area contributed by atoms with Crippen molar-refractivity contribution in [2.24, 2.45) is 5.73 Å². The van der Waals surface area contributed by atoms with Crippen LogP contribution >= 0.6 is 0 Å². The number of nitrogens with two attached hydrogens (primary N) is 1. The lowest BCUT2D eigenvalue weighted by Crippen LogP contribution is -2.01. The molecule has 0 aromatic heterocycles. The summed E-state index contributed by atoms with van der Waals surface area (Å²) in [6.45, 7) is 3.02. The molecule has 0 aliphatic carbocycles. The molecule has 2 heteroatoms. The average Bonchev–Trinajstić information content (AvgIpc) is 1.90. The summed E-state index contributed by atoms with van der Waals surface area (Å²) in [4.78, 5) is 0. The van der Waals surface area contributed by atoms with Gasteiger partial charge in [0.05, 0.1) is 0 Å². The van der Waals surface area contributed by atoms with Crippen molar-refractivity contribution in [3.8, 4) is 0 Å². The summed E-state index contributed by atoms with van der Waals surface area (Å²) in [5.74, 6) is 0. The van der Waals surface area contributed by atoms with Crippen LogP contribution in [0.3, 0.4) is 0 Å². The van der Waals surface area contributed by atoms with Gasteiger partial charge in [-0.25, -0.2) is 0 Å². The quantitative estimate of drug-likeness (QED) is 0.565. The fourth-order valence-corrected chi connectivity index (χ4v) is 0.947. The molecular formula is C8H17NO. The molecular weight excluding hydrogens is 126 g/mol. The second-order valence-electron chi connectivity index (χ2n) is 2.28. The number of hydrogen-bond donors (Lipinski definition) is 2. The maximum atomic E-state index is 8.61. The van der Waals surface area contributed by atoms with Crippen molar-refractivity contribution in [3.05, 3.63) is 11.6 Å². The number of rotatable bonds is 5. The van der Waals surface area contributed by atoms with Crippen LogP contribution in [0.4, 0.5) is 0 Å². The number of hydrogen-bond acceptors (Lipinski definition) is 2. The van der Waals surface area contributed by atoms with Crippen LogP contribution in [-0.2, 0) is 0 Å². The zero-order valence-electron chi connectivity index (χ0n) is 6.64. The topological polar surface area (TPSA) is 46.2 Å². The Kier molecular flexibility index (Phi) is 6.55. The molecule has 60 valence electrons. The monoisotopic (exact) mass is 143 g/mol. The molecule has 0 aliphatic heterocycles. The van der Waals surface area contributed by atoms with Crippen LogP contribution in [0.15, 0.2) is 11.6 Å². The van der Waals surface area contributed by atoms with Gasteiger partial charge >= 0.3 is 0 Å². The van der Waals surface area contributed by atoms with Gasteiger partial charge in [-0.1, -0.05) is 18.6 Å². The van der Waals surface area contributed by atoms with Gasteiger partial charge in [-0.15, -0.1) is 0 Å². The highest BCUT2D eigenvalue weighted by atomic mass is 16.2. The third kappa shape index (κ3) is 4.53. The molecule has 3 N–H and O–H groups in total. The molecule has 0 aliphatic rings. The first kappa shape index (κ1) is 9.66. The second kappa shape index (κ2) is 6.78. The third-order valence-corrected chi connectivity index (χ3v) is 1.39. The van der Waals surface area contributed by atoms with E-state index in [1.807, 2.05) is 0 Å². The first-order chi connectivity index (χ1) is 4.85. The highest BCUT2D eigenvalue weighted by Gasteiger charge is 1.92. The molecule has 0 aromatic rings. The summed E-state index contributed by atoms with van der Waals surface area (Å²) in [5.41, 5.74) is 6.65. The lowest BCUT2D eigenvalue weighted by Gasteiger charge is -2.01. The van der Waals surface area contributed by atoms with Crippen molar-refractivity contribution < 1.29 is 5.11 Å². The molecule has 0 rings (SSSR count). The maximum absolute atomic E-state index is 8.61. The van der Waals surface area contributed by atoms with E-state index >= 15 is 0 Å². The number of aliphatic hydroxyl groups excluding tert-OH is 1. The van der Waals surface area contributed by atoms with Crippen molar-refractivity contribution >= 4 is 0 Å². The molecule has 0 spiro atoms. The molecule has 0 atom stereocenters. The summed E-state index contributed by atoms with van der Waals surface area (Å²) in [6, 6.07) is 0. The van der Waals surface area contributed by atoms with Crippen LogP contribution in [-0.4, -0.2) is 18.3 Å². The lowest BCUT2D eigenvalue weighted by molar-refractivity contribution is 0.298. The predicted octanol–water partition coefficient (Wildman–Crippen LogP) is 1.05. The Morgan fingerprint density at radius 3 is 2.60 bits per heavy atom. The standard InChI is InChI=1S/C8H17NO/c1-2-3-8(4-6-9)5-7-10/h3,10H,2,4-7,9H2,1H3/b8-3+. The van der Waals surface area contributed by atoms with Crippen LogP contribution < -0.4 is 5.73 Å². The Morgan fingerprint density at radius 1 is 1.50 bits per heavy atom. The van der Waals surface area contributed by atoms with Crippen LogP contribution in [0.25, 0.3) is 0 Å². The van der Waals surface area contributed by atoms with Gasteiger partial charge in [-0.3, -0.25) is 0 Å². The Balaban J connectivity index is 3.60. The first-order valence-electron chi connectivity index (χ1n) is 3.84. The van der Waals surface area contributed by atoms with Gasteiger partial charge in [0, 0.05) is 6.61 Å². The minimum Gasteiger partial charge on any atom is -0.396 e. The summed E-state index contributed by atoms with van der Waals surface area (Å²) >= 11 is 0. The van der Waals surface area contributed by atoms with Gasteiger partial charge in [-0.2, -0.15) is 0 Å². The zero-order valence-corrected chi connectivity index (χ0v) is 6.64. The first-order valence-corrected chi connectivity index (χ1v) is 3.84. The summed E-state index contributed by atoms with van der Waals surface area (Å²) in [7, 11) is 0. The van der Waals surface area contributed by atoms with Crippen molar-refractivity contribution in [2.45, 2.75) is 26.2 Å². The van der Waals surface area contributed by atoms with E-state index in [0.29, 0.717) is 6.54 Å². The summed E-state index contributed by atoms with van der Waals surface area (Å²) in [5, 5.41) is 8.61. The molecule has 2 nitrogen and oxygen atoms in total. The normalized spacial score (nSPS) is 12.1. The third-order valence-electron chi connectivity index (χ3n) is 1.39. The van der Waals surface area contributed by atoms with Crippen LogP contribution in [0.2, 0.25) is 0 Å². The SMILES string of the molecule is CC/C=C(\CCN)CCO. The second-order valence-corrected chi connectivity index (χ2v) is 2.28. The van der Waals surface area contributed by atoms with E-state index in [0.717, 1.165) is 19.3 Å². The van der Waals surface area contributed by atoms with Gasteiger partial charge in [0.2, 0.25) is 0 Å². The Hall–Kier alpha value is -0.340. The van der Waals surface area contributed by atoms with Crippen molar-refractivity contribution in [2.75, 3.05) is 13.2 Å². The fraction of sp³-hybridized carbons (Fsp3) is 0.750. The minimum atomic E-state index is 0.242. The molecule has 0 amide bonds. The predicted molar refractivity (Wildman–Crippen MR) is 43.7 cm³/mol.